The van der Waals surface area contributed by atoms with Crippen LogP contribution in [-0.2, 0) is 21.2 Å². The van der Waals surface area contributed by atoms with Crippen molar-refractivity contribution in [2.75, 3.05) is 16.9 Å². The average molecular weight is 599 g/mol. The van der Waals surface area contributed by atoms with E-state index in [1.54, 1.807) is 13.0 Å². The first kappa shape index (κ1) is 33.0. The second-order valence-corrected chi connectivity index (χ2v) is 12.1. The molecule has 0 aliphatic carbocycles. The highest BCUT2D eigenvalue weighted by Crippen LogP contribution is 2.33. The van der Waals surface area contributed by atoms with Gasteiger partial charge in [-0.25, -0.2) is 13.2 Å². The van der Waals surface area contributed by atoms with E-state index in [1.807, 2.05) is 36.1 Å². The van der Waals surface area contributed by atoms with Gasteiger partial charge in [0.05, 0.1) is 11.4 Å². The number of allylic oxidation sites excluding steroid dienone is 3. The first-order valence-corrected chi connectivity index (χ1v) is 15.1. The third-order valence-electron chi connectivity index (χ3n) is 4.66. The molecule has 34 heavy (non-hydrogen) atoms. The van der Waals surface area contributed by atoms with E-state index in [9.17, 15) is 13.2 Å². The van der Waals surface area contributed by atoms with Gasteiger partial charge in [0.25, 0.3) is 0 Å². The number of carbonyl (C=O) groups is 1. The zero-order valence-corrected chi connectivity index (χ0v) is 25.0. The van der Waals surface area contributed by atoms with Crippen LogP contribution in [0.5, 0.6) is 0 Å². The summed E-state index contributed by atoms with van der Waals surface area (Å²) in [6.45, 7) is 10.3. The summed E-state index contributed by atoms with van der Waals surface area (Å²) in [5, 5.41) is 1.26. The van der Waals surface area contributed by atoms with Crippen LogP contribution in [0.4, 0.5) is 10.5 Å². The summed E-state index contributed by atoms with van der Waals surface area (Å²) in [6.07, 6.45) is 9.69. The second-order valence-electron chi connectivity index (χ2n) is 7.93. The first-order chi connectivity index (χ1) is 15.9. The summed E-state index contributed by atoms with van der Waals surface area (Å²) in [5.41, 5.74) is 2.08. The summed E-state index contributed by atoms with van der Waals surface area (Å²) in [4.78, 5) is 14.0. The van der Waals surface area contributed by atoms with Crippen LogP contribution in [0.2, 0.25) is 0 Å². The summed E-state index contributed by atoms with van der Waals surface area (Å²) in [5.74, 6) is -0.0505. The number of benzene rings is 1. The fourth-order valence-electron chi connectivity index (χ4n) is 3.24. The van der Waals surface area contributed by atoms with E-state index in [0.717, 1.165) is 59.1 Å². The van der Waals surface area contributed by atoms with E-state index in [4.69, 9.17) is 27.9 Å². The molecule has 9 heteroatoms. The van der Waals surface area contributed by atoms with Gasteiger partial charge in [-0.15, -0.1) is 0 Å². The van der Waals surface area contributed by atoms with Gasteiger partial charge in [-0.05, 0) is 51.3 Å². The van der Waals surface area contributed by atoms with Crippen molar-refractivity contribution in [2.45, 2.75) is 79.4 Å². The summed E-state index contributed by atoms with van der Waals surface area (Å²) in [7, 11) is -2.94. The van der Waals surface area contributed by atoms with Crippen LogP contribution >= 0.6 is 39.1 Å². The molecule has 0 saturated carbocycles. The lowest BCUT2D eigenvalue weighted by Gasteiger charge is -2.35. The minimum Gasteiger partial charge on any atom is -0.444 e. The number of carbonyl (C=O) groups excluding carboxylic acids is 1. The summed E-state index contributed by atoms with van der Waals surface area (Å²) in [6, 6.07) is 6.27. The Morgan fingerprint density at radius 2 is 1.79 bits per heavy atom. The number of rotatable bonds is 8. The summed E-state index contributed by atoms with van der Waals surface area (Å²) < 4.78 is 27.3. The van der Waals surface area contributed by atoms with Gasteiger partial charge in [-0.1, -0.05) is 84.9 Å². The predicted molar refractivity (Wildman–Crippen MR) is 150 cm³/mol. The second kappa shape index (κ2) is 17.4. The van der Waals surface area contributed by atoms with Crippen molar-refractivity contribution >= 4 is 60.7 Å². The van der Waals surface area contributed by atoms with Crippen molar-refractivity contribution in [3.05, 3.63) is 50.5 Å². The zero-order chi connectivity index (χ0) is 26.3. The van der Waals surface area contributed by atoms with Gasteiger partial charge >= 0.3 is 6.09 Å². The minimum atomic E-state index is -2.94. The van der Waals surface area contributed by atoms with Crippen LogP contribution in [0.3, 0.4) is 0 Å². The molecule has 0 saturated heterocycles. The third-order valence-corrected chi connectivity index (χ3v) is 6.65. The largest absolute Gasteiger partial charge is 0.444 e. The fraction of sp³-hybridized carbons (Fsp3) is 0.560. The number of fused-ring (bicyclic) bond motifs is 1. The van der Waals surface area contributed by atoms with Gasteiger partial charge in [-0.3, -0.25) is 4.90 Å². The van der Waals surface area contributed by atoms with Crippen LogP contribution in [-0.4, -0.2) is 32.6 Å². The first-order valence-electron chi connectivity index (χ1n) is 11.4. The van der Waals surface area contributed by atoms with Crippen LogP contribution in [0.1, 0.15) is 72.3 Å². The molecule has 0 N–H and O–H groups in total. The van der Waals surface area contributed by atoms with Gasteiger partial charge in [0.1, 0.15) is 6.61 Å². The molecule has 0 radical (unpaired) electrons. The van der Waals surface area contributed by atoms with Crippen molar-refractivity contribution in [3.63, 3.8) is 0 Å². The molecular weight excluding hydrogens is 561 g/mol. The average Bonchev–Trinajstić information content (AvgIpc) is 2.73. The quantitative estimate of drug-likeness (QED) is 0.300. The molecule has 1 aromatic rings. The highest BCUT2D eigenvalue weighted by Gasteiger charge is 2.31. The number of ether oxygens (including phenoxy) is 1. The molecular formula is C25H38BrCl2NO4S. The molecule has 0 spiro atoms. The van der Waals surface area contributed by atoms with E-state index < -0.39 is 9.84 Å². The van der Waals surface area contributed by atoms with Crippen molar-refractivity contribution in [1.29, 1.82) is 0 Å². The fourth-order valence-corrected chi connectivity index (χ4v) is 5.07. The predicted octanol–water partition coefficient (Wildman–Crippen LogP) is 8.59. The van der Waals surface area contributed by atoms with Crippen molar-refractivity contribution in [1.82, 2.24) is 0 Å². The number of sulfone groups is 1. The molecule has 0 aromatic heterocycles. The van der Waals surface area contributed by atoms with Gasteiger partial charge in [0.15, 0.2) is 9.84 Å². The highest BCUT2D eigenvalue weighted by atomic mass is 79.9. The molecule has 0 atom stereocenters. The lowest BCUT2D eigenvalue weighted by molar-refractivity contribution is 0.138. The Kier molecular flexibility index (Phi) is 16.9. The third kappa shape index (κ3) is 13.8. The Morgan fingerprint density at radius 3 is 2.18 bits per heavy atom. The van der Waals surface area contributed by atoms with E-state index in [1.165, 1.54) is 0 Å². The Bertz CT molecular complexity index is 923. The normalized spacial score (nSPS) is 13.9. The molecule has 0 fully saturated rings. The maximum atomic E-state index is 12.1. The van der Waals surface area contributed by atoms with Crippen LogP contribution in [0.15, 0.2) is 44.9 Å². The highest BCUT2D eigenvalue weighted by molar-refractivity contribution is 9.10. The van der Waals surface area contributed by atoms with E-state index >= 15 is 0 Å². The lowest BCUT2D eigenvalue weighted by atomic mass is 10.0. The van der Waals surface area contributed by atoms with E-state index in [0.29, 0.717) is 11.6 Å². The van der Waals surface area contributed by atoms with Gasteiger partial charge in [0.2, 0.25) is 0 Å². The number of nitrogens with zero attached hydrogens (tertiary/aromatic N) is 1. The minimum absolute atomic E-state index is 0.0505. The van der Waals surface area contributed by atoms with E-state index in [2.05, 4.69) is 36.7 Å². The smallest absolute Gasteiger partial charge is 0.414 e. The number of hydrogen-bond acceptors (Lipinski definition) is 4. The van der Waals surface area contributed by atoms with E-state index in [-0.39, 0.29) is 17.9 Å². The molecule has 194 valence electrons. The van der Waals surface area contributed by atoms with Crippen molar-refractivity contribution in [3.8, 4) is 0 Å². The van der Waals surface area contributed by atoms with Crippen molar-refractivity contribution in [2.24, 2.45) is 0 Å². The molecule has 5 nitrogen and oxygen atoms in total. The van der Waals surface area contributed by atoms with Crippen LogP contribution in [0, 0.1) is 0 Å². The summed E-state index contributed by atoms with van der Waals surface area (Å²) >= 11 is 14.3. The van der Waals surface area contributed by atoms with Gasteiger partial charge in [-0.2, -0.15) is 0 Å². The Morgan fingerprint density at radius 1 is 1.21 bits per heavy atom. The zero-order valence-electron chi connectivity index (χ0n) is 21.0. The van der Waals surface area contributed by atoms with Crippen LogP contribution in [0.25, 0.3) is 0 Å². The number of amides is 1. The molecule has 0 unspecified atom stereocenters. The Labute approximate surface area is 224 Å². The number of hydrogen-bond donors (Lipinski definition) is 0. The monoisotopic (exact) mass is 597 g/mol. The standard InChI is InChI=1S/C15H20BrNO2.C5H9ClO2S.C5H9Cl/c1-3-5-13(6-4-2)17-14-8-7-12(16)9-11(14)10-19-15(17)18;1-3-5(6)4-9(2,7)8;1-3-4-5(2)6/h7-9,13H,3-6,10H2,1-2H3;3H,4H2,1-2H3;4H,3H2,1-2H3/b;5-3+;5-4+. The maximum Gasteiger partial charge on any atom is 0.414 e. The topological polar surface area (TPSA) is 63.7 Å². The Hall–Kier alpha value is -1.02. The molecule has 1 heterocycles. The maximum absolute atomic E-state index is 12.1. The molecule has 1 amide bonds. The van der Waals surface area contributed by atoms with Crippen LogP contribution < -0.4 is 4.90 Å². The molecule has 1 aromatic carbocycles. The SMILES string of the molecule is C/C=C(/Cl)CS(C)(=O)=O.CC/C=C(\C)Cl.CCCC(CCC)N1C(=O)OCc2cc(Br)ccc21. The van der Waals surface area contributed by atoms with Crippen molar-refractivity contribution < 1.29 is 17.9 Å². The number of anilines is 1. The Balaban J connectivity index is 0.000000605. The molecule has 1 aliphatic heterocycles. The molecule has 1 aliphatic rings. The number of cyclic esters (lactones) is 1. The van der Waals surface area contributed by atoms with Gasteiger partial charge < -0.3 is 4.74 Å². The number of halogens is 3. The molecule has 0 bridgehead atoms. The van der Waals surface area contributed by atoms with Gasteiger partial charge in [0, 0.05) is 32.4 Å². The lowest BCUT2D eigenvalue weighted by Crippen LogP contribution is -2.43. The molecule has 2 rings (SSSR count).